The number of anilines is 1. The van der Waals surface area contributed by atoms with Crippen molar-refractivity contribution in [3.63, 3.8) is 0 Å². The molecule has 2 amide bonds. The Morgan fingerprint density at radius 3 is 2.13 bits per heavy atom. The third-order valence-corrected chi connectivity index (χ3v) is 5.60. The van der Waals surface area contributed by atoms with Crippen molar-refractivity contribution >= 4 is 11.7 Å². The van der Waals surface area contributed by atoms with Crippen molar-refractivity contribution in [1.82, 2.24) is 4.90 Å². The van der Waals surface area contributed by atoms with E-state index in [1.807, 2.05) is 42.2 Å². The molecule has 3 heteroatoms. The molecule has 2 rings (SSSR count). The Labute approximate surface area is 183 Å². The van der Waals surface area contributed by atoms with Crippen LogP contribution in [0.3, 0.4) is 0 Å². The third kappa shape index (κ3) is 9.96. The van der Waals surface area contributed by atoms with E-state index in [-0.39, 0.29) is 6.03 Å². The standard InChI is InChI=1S/C27H40N2O/c1-3-4-5-6-7-8-9-10-14-21-29(22-20-25-17-12-11-13-18-25)27(30)28-26-19-15-16-24(2)23-26/h11-13,15-19,23H,3-10,14,20-22H2,1-2H3,(H,28,30). The second-order valence-corrected chi connectivity index (χ2v) is 8.35. The van der Waals surface area contributed by atoms with Gasteiger partial charge in [0.15, 0.2) is 0 Å². The number of nitrogens with zero attached hydrogens (tertiary/aromatic N) is 1. The molecule has 164 valence electrons. The van der Waals surface area contributed by atoms with Crippen molar-refractivity contribution in [2.24, 2.45) is 0 Å². The van der Waals surface area contributed by atoms with Gasteiger partial charge in [-0.05, 0) is 43.0 Å². The van der Waals surface area contributed by atoms with Crippen LogP contribution in [0.4, 0.5) is 10.5 Å². The van der Waals surface area contributed by atoms with Gasteiger partial charge in [-0.3, -0.25) is 0 Å². The average Bonchev–Trinajstić information content (AvgIpc) is 2.75. The Balaban J connectivity index is 1.79. The SMILES string of the molecule is CCCCCCCCCCCN(CCc1ccccc1)C(=O)Nc1cccc(C)c1. The van der Waals surface area contributed by atoms with Gasteiger partial charge in [0.2, 0.25) is 0 Å². The van der Waals surface area contributed by atoms with Crippen LogP contribution in [0.5, 0.6) is 0 Å². The normalized spacial score (nSPS) is 10.7. The summed E-state index contributed by atoms with van der Waals surface area (Å²) in [5.74, 6) is 0. The number of aryl methyl sites for hydroxylation is 1. The van der Waals surface area contributed by atoms with Crippen molar-refractivity contribution in [3.8, 4) is 0 Å². The third-order valence-electron chi connectivity index (χ3n) is 5.60. The Morgan fingerprint density at radius 1 is 0.800 bits per heavy atom. The summed E-state index contributed by atoms with van der Waals surface area (Å²) in [5, 5.41) is 3.09. The maximum atomic E-state index is 12.9. The van der Waals surface area contributed by atoms with Crippen LogP contribution in [0.25, 0.3) is 0 Å². The number of unbranched alkanes of at least 4 members (excludes halogenated alkanes) is 8. The molecule has 0 spiro atoms. The molecule has 0 aliphatic heterocycles. The second kappa shape index (κ2) is 14.7. The molecule has 0 atom stereocenters. The maximum Gasteiger partial charge on any atom is 0.321 e. The first-order chi connectivity index (χ1) is 14.7. The number of hydrogen-bond acceptors (Lipinski definition) is 1. The monoisotopic (exact) mass is 408 g/mol. The van der Waals surface area contributed by atoms with Crippen LogP contribution < -0.4 is 5.32 Å². The van der Waals surface area contributed by atoms with E-state index in [4.69, 9.17) is 0 Å². The van der Waals surface area contributed by atoms with E-state index < -0.39 is 0 Å². The minimum Gasteiger partial charge on any atom is -0.324 e. The molecular formula is C27H40N2O. The highest BCUT2D eigenvalue weighted by Gasteiger charge is 2.13. The van der Waals surface area contributed by atoms with E-state index in [0.717, 1.165) is 37.2 Å². The van der Waals surface area contributed by atoms with Crippen LogP contribution >= 0.6 is 0 Å². The number of benzene rings is 2. The molecule has 3 nitrogen and oxygen atoms in total. The van der Waals surface area contributed by atoms with Gasteiger partial charge >= 0.3 is 6.03 Å². The van der Waals surface area contributed by atoms with Gasteiger partial charge in [-0.1, -0.05) is 101 Å². The summed E-state index contributed by atoms with van der Waals surface area (Å²) in [5.41, 5.74) is 3.30. The Kier molecular flexibility index (Phi) is 11.7. The van der Waals surface area contributed by atoms with Crippen molar-refractivity contribution in [2.45, 2.75) is 78.1 Å². The minimum atomic E-state index is 0.0103. The molecule has 0 aromatic heterocycles. The first-order valence-corrected chi connectivity index (χ1v) is 11.9. The number of urea groups is 1. The number of carbonyl (C=O) groups excluding carboxylic acids is 1. The van der Waals surface area contributed by atoms with Crippen LogP contribution in [-0.2, 0) is 6.42 Å². The van der Waals surface area contributed by atoms with Crippen LogP contribution in [0.2, 0.25) is 0 Å². The zero-order valence-corrected chi connectivity index (χ0v) is 19.0. The Bertz CT molecular complexity index is 714. The van der Waals surface area contributed by atoms with Gasteiger partial charge in [0.05, 0.1) is 0 Å². The fraction of sp³-hybridized carbons (Fsp3) is 0.519. The highest BCUT2D eigenvalue weighted by molar-refractivity contribution is 5.89. The molecule has 0 unspecified atom stereocenters. The molecule has 30 heavy (non-hydrogen) atoms. The number of rotatable bonds is 14. The minimum absolute atomic E-state index is 0.0103. The van der Waals surface area contributed by atoms with Gasteiger partial charge in [0.1, 0.15) is 0 Å². The van der Waals surface area contributed by atoms with Gasteiger partial charge in [-0.15, -0.1) is 0 Å². The number of amides is 2. The first kappa shape index (κ1) is 24.0. The first-order valence-electron chi connectivity index (χ1n) is 11.9. The van der Waals surface area contributed by atoms with Crippen LogP contribution in [-0.4, -0.2) is 24.0 Å². The summed E-state index contributed by atoms with van der Waals surface area (Å²) in [6, 6.07) is 18.4. The van der Waals surface area contributed by atoms with Crippen LogP contribution in [0.1, 0.15) is 75.8 Å². The van der Waals surface area contributed by atoms with Crippen molar-refractivity contribution in [3.05, 3.63) is 65.7 Å². The van der Waals surface area contributed by atoms with Crippen molar-refractivity contribution in [2.75, 3.05) is 18.4 Å². The maximum absolute atomic E-state index is 12.9. The van der Waals surface area contributed by atoms with Gasteiger partial charge in [0, 0.05) is 18.8 Å². The molecule has 0 saturated carbocycles. The molecule has 0 saturated heterocycles. The highest BCUT2D eigenvalue weighted by Crippen LogP contribution is 2.13. The lowest BCUT2D eigenvalue weighted by Crippen LogP contribution is -2.37. The number of carbonyl (C=O) groups is 1. The zero-order valence-electron chi connectivity index (χ0n) is 19.0. The lowest BCUT2D eigenvalue weighted by Gasteiger charge is -2.23. The topological polar surface area (TPSA) is 32.3 Å². The molecule has 2 aromatic rings. The number of nitrogens with one attached hydrogen (secondary N) is 1. The molecule has 0 aliphatic rings. The lowest BCUT2D eigenvalue weighted by molar-refractivity contribution is 0.211. The summed E-state index contributed by atoms with van der Waals surface area (Å²) in [4.78, 5) is 14.9. The molecular weight excluding hydrogens is 368 g/mol. The fourth-order valence-electron chi connectivity index (χ4n) is 3.76. The zero-order chi connectivity index (χ0) is 21.4. The van der Waals surface area contributed by atoms with E-state index in [1.165, 1.54) is 56.9 Å². The quantitative estimate of drug-likeness (QED) is 0.321. The van der Waals surface area contributed by atoms with Gasteiger partial charge in [0.25, 0.3) is 0 Å². The lowest BCUT2D eigenvalue weighted by atomic mass is 10.1. The summed E-state index contributed by atoms with van der Waals surface area (Å²) in [7, 11) is 0. The van der Waals surface area contributed by atoms with E-state index in [1.54, 1.807) is 0 Å². The molecule has 0 heterocycles. The average molecular weight is 409 g/mol. The summed E-state index contributed by atoms with van der Waals surface area (Å²) in [6.07, 6.45) is 12.5. The summed E-state index contributed by atoms with van der Waals surface area (Å²) in [6.45, 7) is 5.88. The molecule has 0 aliphatic carbocycles. The summed E-state index contributed by atoms with van der Waals surface area (Å²) >= 11 is 0. The van der Waals surface area contributed by atoms with Gasteiger partial charge < -0.3 is 10.2 Å². The van der Waals surface area contributed by atoms with E-state index in [0.29, 0.717) is 0 Å². The van der Waals surface area contributed by atoms with Crippen molar-refractivity contribution in [1.29, 1.82) is 0 Å². The molecule has 0 radical (unpaired) electrons. The molecule has 2 aromatic carbocycles. The summed E-state index contributed by atoms with van der Waals surface area (Å²) < 4.78 is 0. The van der Waals surface area contributed by atoms with E-state index in [9.17, 15) is 4.79 Å². The Hall–Kier alpha value is -2.29. The number of hydrogen-bond donors (Lipinski definition) is 1. The molecule has 0 fully saturated rings. The van der Waals surface area contributed by atoms with Crippen LogP contribution in [0.15, 0.2) is 54.6 Å². The Morgan fingerprint density at radius 2 is 1.47 bits per heavy atom. The fourth-order valence-corrected chi connectivity index (χ4v) is 3.76. The van der Waals surface area contributed by atoms with E-state index >= 15 is 0 Å². The highest BCUT2D eigenvalue weighted by atomic mass is 16.2. The predicted molar refractivity (Wildman–Crippen MR) is 129 cm³/mol. The van der Waals surface area contributed by atoms with Crippen LogP contribution in [0, 0.1) is 6.92 Å². The predicted octanol–water partition coefficient (Wildman–Crippen LogP) is 7.60. The second-order valence-electron chi connectivity index (χ2n) is 8.35. The molecule has 0 bridgehead atoms. The van der Waals surface area contributed by atoms with E-state index in [2.05, 4.69) is 36.5 Å². The molecule has 1 N–H and O–H groups in total. The van der Waals surface area contributed by atoms with Gasteiger partial charge in [-0.2, -0.15) is 0 Å². The smallest absolute Gasteiger partial charge is 0.321 e. The largest absolute Gasteiger partial charge is 0.324 e. The van der Waals surface area contributed by atoms with Crippen molar-refractivity contribution < 1.29 is 4.79 Å². The van der Waals surface area contributed by atoms with Gasteiger partial charge in [-0.25, -0.2) is 4.79 Å².